The highest BCUT2D eigenvalue weighted by atomic mass is 14.6. The highest BCUT2D eigenvalue weighted by molar-refractivity contribution is 4.78. The van der Waals surface area contributed by atoms with Crippen molar-refractivity contribution in [1.82, 2.24) is 0 Å². The first-order chi connectivity index (χ1) is 4.70. The fourth-order valence-corrected chi connectivity index (χ4v) is 1.06. The van der Waals surface area contributed by atoms with Gasteiger partial charge in [0.1, 0.15) is 0 Å². The monoisotopic (exact) mass is 141 g/mol. The molecule has 2 unspecified atom stereocenters. The maximum Gasteiger partial charge on any atom is 0.00442 e. The van der Waals surface area contributed by atoms with Crippen molar-refractivity contribution < 1.29 is 0 Å². The summed E-state index contributed by atoms with van der Waals surface area (Å²) in [6, 6.07) is 0.373. The standard InChI is InChI=1S/C9H19N/c1-4-6-9(10)7-8(3)5-2/h5,8-9H,2,4,6-7,10H2,1,3H3. The molecule has 0 spiro atoms. The first kappa shape index (κ1) is 9.70. The summed E-state index contributed by atoms with van der Waals surface area (Å²) < 4.78 is 0. The summed E-state index contributed by atoms with van der Waals surface area (Å²) in [7, 11) is 0. The Bertz CT molecular complexity index is 88.7. The van der Waals surface area contributed by atoms with Gasteiger partial charge < -0.3 is 5.73 Å². The summed E-state index contributed by atoms with van der Waals surface area (Å²) in [5.41, 5.74) is 5.81. The number of hydrogen-bond acceptors (Lipinski definition) is 1. The minimum atomic E-state index is 0.373. The van der Waals surface area contributed by atoms with E-state index in [0.29, 0.717) is 12.0 Å². The molecule has 2 atom stereocenters. The Morgan fingerprint density at radius 3 is 2.60 bits per heavy atom. The number of rotatable bonds is 5. The molecule has 0 aromatic rings. The predicted molar refractivity (Wildman–Crippen MR) is 46.9 cm³/mol. The SMILES string of the molecule is C=CC(C)CC(N)CCC. The van der Waals surface area contributed by atoms with Gasteiger partial charge in [0, 0.05) is 6.04 Å². The van der Waals surface area contributed by atoms with Gasteiger partial charge in [0.25, 0.3) is 0 Å². The van der Waals surface area contributed by atoms with E-state index in [9.17, 15) is 0 Å². The lowest BCUT2D eigenvalue weighted by molar-refractivity contribution is 0.499. The maximum atomic E-state index is 5.81. The van der Waals surface area contributed by atoms with E-state index in [2.05, 4.69) is 20.4 Å². The van der Waals surface area contributed by atoms with Crippen LogP contribution < -0.4 is 5.73 Å². The summed E-state index contributed by atoms with van der Waals surface area (Å²) in [6.45, 7) is 8.04. The van der Waals surface area contributed by atoms with E-state index in [-0.39, 0.29) is 0 Å². The van der Waals surface area contributed by atoms with Gasteiger partial charge in [-0.05, 0) is 18.8 Å². The van der Waals surface area contributed by atoms with Crippen LogP contribution in [0.25, 0.3) is 0 Å². The van der Waals surface area contributed by atoms with Crippen molar-refractivity contribution in [3.63, 3.8) is 0 Å². The van der Waals surface area contributed by atoms with Gasteiger partial charge in [-0.1, -0.05) is 26.3 Å². The van der Waals surface area contributed by atoms with Crippen molar-refractivity contribution in [2.75, 3.05) is 0 Å². The van der Waals surface area contributed by atoms with Crippen LogP contribution in [0.5, 0.6) is 0 Å². The fourth-order valence-electron chi connectivity index (χ4n) is 1.06. The lowest BCUT2D eigenvalue weighted by Gasteiger charge is -2.12. The first-order valence-electron chi connectivity index (χ1n) is 4.08. The third kappa shape index (κ3) is 4.57. The molecule has 0 amide bonds. The quantitative estimate of drug-likeness (QED) is 0.584. The van der Waals surface area contributed by atoms with Crippen LogP contribution >= 0.6 is 0 Å². The van der Waals surface area contributed by atoms with Gasteiger partial charge in [-0.3, -0.25) is 0 Å². The minimum Gasteiger partial charge on any atom is -0.328 e. The third-order valence-corrected chi connectivity index (χ3v) is 1.74. The van der Waals surface area contributed by atoms with Crippen molar-refractivity contribution in [1.29, 1.82) is 0 Å². The van der Waals surface area contributed by atoms with Gasteiger partial charge in [-0.15, -0.1) is 6.58 Å². The van der Waals surface area contributed by atoms with Crippen LogP contribution in [-0.2, 0) is 0 Å². The van der Waals surface area contributed by atoms with Crippen LogP contribution in [0.1, 0.15) is 33.1 Å². The molecule has 0 aliphatic rings. The second-order valence-electron chi connectivity index (χ2n) is 3.00. The Balaban J connectivity index is 3.36. The molecule has 0 rings (SSSR count). The van der Waals surface area contributed by atoms with Crippen LogP contribution in [0.2, 0.25) is 0 Å². The Morgan fingerprint density at radius 1 is 1.60 bits per heavy atom. The molecule has 0 aromatic heterocycles. The van der Waals surface area contributed by atoms with E-state index in [1.807, 2.05) is 6.08 Å². The van der Waals surface area contributed by atoms with E-state index >= 15 is 0 Å². The predicted octanol–water partition coefficient (Wildman–Crippen LogP) is 2.33. The summed E-state index contributed by atoms with van der Waals surface area (Å²) in [6.07, 6.45) is 5.37. The van der Waals surface area contributed by atoms with Crippen LogP contribution in [0.3, 0.4) is 0 Å². The zero-order valence-electron chi connectivity index (χ0n) is 7.14. The van der Waals surface area contributed by atoms with E-state index < -0.39 is 0 Å². The van der Waals surface area contributed by atoms with Crippen molar-refractivity contribution in [2.24, 2.45) is 11.7 Å². The molecule has 0 bridgehead atoms. The third-order valence-electron chi connectivity index (χ3n) is 1.74. The fraction of sp³-hybridized carbons (Fsp3) is 0.778. The van der Waals surface area contributed by atoms with Crippen LogP contribution in [-0.4, -0.2) is 6.04 Å². The zero-order valence-corrected chi connectivity index (χ0v) is 7.14. The second-order valence-corrected chi connectivity index (χ2v) is 3.00. The molecule has 0 heterocycles. The second kappa shape index (κ2) is 5.48. The number of nitrogens with two attached hydrogens (primary N) is 1. The molecule has 0 aliphatic carbocycles. The first-order valence-corrected chi connectivity index (χ1v) is 4.08. The van der Waals surface area contributed by atoms with Crippen LogP contribution in [0, 0.1) is 5.92 Å². The molecule has 0 fully saturated rings. The Morgan fingerprint density at radius 2 is 2.20 bits per heavy atom. The average molecular weight is 141 g/mol. The van der Waals surface area contributed by atoms with E-state index in [4.69, 9.17) is 5.73 Å². The Kier molecular flexibility index (Phi) is 5.32. The van der Waals surface area contributed by atoms with Crippen molar-refractivity contribution in [3.8, 4) is 0 Å². The topological polar surface area (TPSA) is 26.0 Å². The molecule has 10 heavy (non-hydrogen) atoms. The maximum absolute atomic E-state index is 5.81. The summed E-state index contributed by atoms with van der Waals surface area (Å²) in [5.74, 6) is 0.571. The largest absolute Gasteiger partial charge is 0.328 e. The van der Waals surface area contributed by atoms with Crippen LogP contribution in [0.15, 0.2) is 12.7 Å². The van der Waals surface area contributed by atoms with Gasteiger partial charge in [0.2, 0.25) is 0 Å². The molecular formula is C9H19N. The van der Waals surface area contributed by atoms with Crippen molar-refractivity contribution >= 4 is 0 Å². The summed E-state index contributed by atoms with van der Waals surface area (Å²) in [5, 5.41) is 0. The summed E-state index contributed by atoms with van der Waals surface area (Å²) in [4.78, 5) is 0. The minimum absolute atomic E-state index is 0.373. The van der Waals surface area contributed by atoms with E-state index in [1.54, 1.807) is 0 Å². The highest BCUT2D eigenvalue weighted by Gasteiger charge is 2.03. The molecule has 60 valence electrons. The van der Waals surface area contributed by atoms with E-state index in [1.165, 1.54) is 6.42 Å². The smallest absolute Gasteiger partial charge is 0.00442 e. The molecule has 0 saturated carbocycles. The molecule has 1 heteroatoms. The summed E-state index contributed by atoms with van der Waals surface area (Å²) >= 11 is 0. The number of hydrogen-bond donors (Lipinski definition) is 1. The lowest BCUT2D eigenvalue weighted by Crippen LogP contribution is -2.21. The van der Waals surface area contributed by atoms with Crippen molar-refractivity contribution in [3.05, 3.63) is 12.7 Å². The molecule has 0 saturated heterocycles. The normalized spacial score (nSPS) is 16.3. The molecule has 0 aliphatic heterocycles. The van der Waals surface area contributed by atoms with Gasteiger partial charge in [0.05, 0.1) is 0 Å². The molecule has 0 radical (unpaired) electrons. The Hall–Kier alpha value is -0.300. The molecular weight excluding hydrogens is 122 g/mol. The molecule has 0 aromatic carbocycles. The lowest BCUT2D eigenvalue weighted by atomic mass is 10.00. The zero-order chi connectivity index (χ0) is 7.98. The number of allylic oxidation sites excluding steroid dienone is 1. The van der Waals surface area contributed by atoms with Gasteiger partial charge in [-0.25, -0.2) is 0 Å². The molecule has 2 N–H and O–H groups in total. The van der Waals surface area contributed by atoms with Crippen molar-refractivity contribution in [2.45, 2.75) is 39.2 Å². The molecule has 1 nitrogen and oxygen atoms in total. The average Bonchev–Trinajstić information content (AvgIpc) is 1.88. The van der Waals surface area contributed by atoms with Gasteiger partial charge >= 0.3 is 0 Å². The van der Waals surface area contributed by atoms with Gasteiger partial charge in [-0.2, -0.15) is 0 Å². The van der Waals surface area contributed by atoms with Crippen LogP contribution in [0.4, 0.5) is 0 Å². The van der Waals surface area contributed by atoms with Gasteiger partial charge in [0.15, 0.2) is 0 Å². The Labute approximate surface area is 64.3 Å². The highest BCUT2D eigenvalue weighted by Crippen LogP contribution is 2.08. The van der Waals surface area contributed by atoms with E-state index in [0.717, 1.165) is 12.8 Å².